The van der Waals surface area contributed by atoms with Crippen LogP contribution in [0.25, 0.3) is 11.0 Å². The zero-order valence-electron chi connectivity index (χ0n) is 16.3. The zero-order valence-corrected chi connectivity index (χ0v) is 17.1. The predicted octanol–water partition coefficient (Wildman–Crippen LogP) is 2.71. The second-order valence-electron chi connectivity index (χ2n) is 6.90. The van der Waals surface area contributed by atoms with Crippen LogP contribution in [0.4, 0.5) is 18.9 Å². The van der Waals surface area contributed by atoms with Gasteiger partial charge < -0.3 is 9.88 Å². The highest BCUT2D eigenvalue weighted by atomic mass is 32.2. The average molecular weight is 463 g/mol. The van der Waals surface area contributed by atoms with Crippen LogP contribution in [-0.4, -0.2) is 32.5 Å². The molecule has 1 aromatic heterocycles. The van der Waals surface area contributed by atoms with Crippen LogP contribution in [0.2, 0.25) is 0 Å². The van der Waals surface area contributed by atoms with Crippen molar-refractivity contribution in [2.75, 3.05) is 5.32 Å². The van der Waals surface area contributed by atoms with Gasteiger partial charge in [0.05, 0.1) is 22.0 Å². The zero-order chi connectivity index (χ0) is 22.9. The number of hydrogen-bond acceptors (Lipinski definition) is 5. The molecule has 12 heteroatoms. The third-order valence-corrected chi connectivity index (χ3v) is 5.90. The molecule has 0 saturated carbocycles. The van der Waals surface area contributed by atoms with Crippen molar-refractivity contribution < 1.29 is 27.6 Å². The van der Waals surface area contributed by atoms with Crippen molar-refractivity contribution in [3.05, 3.63) is 54.4 Å². The highest BCUT2D eigenvalue weighted by Gasteiger charge is 2.38. The Hall–Kier alpha value is -3.54. The van der Waals surface area contributed by atoms with Gasteiger partial charge >= 0.3 is 6.18 Å². The van der Waals surface area contributed by atoms with Crippen molar-refractivity contribution in [3.63, 3.8) is 0 Å². The number of aromatic nitrogens is 2. The summed E-state index contributed by atoms with van der Waals surface area (Å²) in [5, 5.41) is 1.99. The third-order valence-electron chi connectivity index (χ3n) is 4.63. The summed E-state index contributed by atoms with van der Waals surface area (Å²) in [7, 11) is 0. The minimum atomic E-state index is -4.76. The van der Waals surface area contributed by atoms with Gasteiger partial charge in [-0.25, -0.2) is 4.98 Å². The molecule has 3 N–H and O–H groups in total. The first kappa shape index (κ1) is 21.7. The molecule has 3 aromatic rings. The first-order valence-corrected chi connectivity index (χ1v) is 10.3. The number of imidazole rings is 1. The molecule has 3 amide bonds. The molecule has 0 saturated heterocycles. The average Bonchev–Trinajstić information content (AvgIpc) is 3.12. The van der Waals surface area contributed by atoms with Crippen LogP contribution in [-0.2, 0) is 27.1 Å². The number of hydrazine groups is 1. The minimum absolute atomic E-state index is 0.0947. The van der Waals surface area contributed by atoms with Gasteiger partial charge in [-0.15, -0.1) is 11.8 Å². The van der Waals surface area contributed by atoms with E-state index >= 15 is 0 Å². The second-order valence-corrected chi connectivity index (χ2v) is 8.14. The van der Waals surface area contributed by atoms with E-state index in [0.29, 0.717) is 5.69 Å². The maximum atomic E-state index is 13.3. The van der Waals surface area contributed by atoms with E-state index in [9.17, 15) is 27.6 Å². The number of fused-ring (bicyclic) bond motifs is 2. The maximum absolute atomic E-state index is 13.3. The summed E-state index contributed by atoms with van der Waals surface area (Å²) in [6.45, 7) is -0.707. The first-order chi connectivity index (χ1) is 15.2. The number of hydrogen-bond donors (Lipinski definition) is 3. The van der Waals surface area contributed by atoms with Gasteiger partial charge in [-0.3, -0.25) is 25.2 Å². The Bertz CT molecular complexity index is 1210. The fraction of sp³-hybridized carbons (Fsp3) is 0.200. The maximum Gasteiger partial charge on any atom is 0.449 e. The van der Waals surface area contributed by atoms with Gasteiger partial charge in [-0.05, 0) is 24.3 Å². The topological polar surface area (TPSA) is 105 Å². The molecule has 0 radical (unpaired) electrons. The van der Waals surface area contributed by atoms with Crippen molar-refractivity contribution in [3.8, 4) is 0 Å². The normalized spacial score (nSPS) is 15.7. The lowest BCUT2D eigenvalue weighted by Crippen LogP contribution is -2.45. The summed E-state index contributed by atoms with van der Waals surface area (Å²) in [6, 6.07) is 13.0. The number of halogens is 3. The largest absolute Gasteiger partial charge is 0.449 e. The van der Waals surface area contributed by atoms with Crippen LogP contribution in [0.5, 0.6) is 0 Å². The van der Waals surface area contributed by atoms with Gasteiger partial charge in [0.1, 0.15) is 6.54 Å². The first-order valence-electron chi connectivity index (χ1n) is 9.39. The summed E-state index contributed by atoms with van der Waals surface area (Å²) in [5.41, 5.74) is 5.12. The Morgan fingerprint density at radius 3 is 2.53 bits per heavy atom. The van der Waals surface area contributed by atoms with E-state index in [2.05, 4.69) is 21.2 Å². The Balaban J connectivity index is 1.38. The highest BCUT2D eigenvalue weighted by molar-refractivity contribution is 8.01. The van der Waals surface area contributed by atoms with Gasteiger partial charge in [0.15, 0.2) is 0 Å². The number of benzene rings is 2. The Morgan fingerprint density at radius 2 is 1.75 bits per heavy atom. The highest BCUT2D eigenvalue weighted by Crippen LogP contribution is 2.36. The number of para-hydroxylation sites is 3. The molecule has 0 aliphatic carbocycles. The fourth-order valence-electron chi connectivity index (χ4n) is 3.22. The molecule has 1 aliphatic rings. The summed E-state index contributed by atoms with van der Waals surface area (Å²) >= 11 is 1.21. The van der Waals surface area contributed by atoms with E-state index in [1.165, 1.54) is 36.0 Å². The Labute approximate surface area is 183 Å². The number of anilines is 1. The van der Waals surface area contributed by atoms with Crippen molar-refractivity contribution in [2.45, 2.75) is 29.3 Å². The van der Waals surface area contributed by atoms with E-state index < -0.39 is 35.6 Å². The summed E-state index contributed by atoms with van der Waals surface area (Å²) in [5.74, 6) is -3.10. The Kier molecular flexibility index (Phi) is 5.78. The lowest BCUT2D eigenvalue weighted by Gasteiger charge is -2.23. The van der Waals surface area contributed by atoms with Gasteiger partial charge in [0.25, 0.3) is 5.91 Å². The van der Waals surface area contributed by atoms with E-state index in [1.807, 2.05) is 0 Å². The number of rotatable bonds is 4. The minimum Gasteiger partial charge on any atom is -0.324 e. The van der Waals surface area contributed by atoms with Gasteiger partial charge in [-0.1, -0.05) is 24.3 Å². The smallest absolute Gasteiger partial charge is 0.324 e. The number of amides is 3. The lowest BCUT2D eigenvalue weighted by molar-refractivity contribution is -0.147. The SMILES string of the molecule is O=C(CC1Sc2ccccc2NC1=O)NNC(=O)Cn1c(C(F)(F)F)nc2ccccc21. The predicted molar refractivity (Wildman–Crippen MR) is 110 cm³/mol. The number of carbonyl (C=O) groups excluding carboxylic acids is 3. The molecule has 32 heavy (non-hydrogen) atoms. The number of alkyl halides is 3. The molecule has 0 fully saturated rings. The molecule has 4 rings (SSSR count). The molecule has 2 aromatic carbocycles. The molecule has 1 unspecified atom stereocenters. The van der Waals surface area contributed by atoms with Crippen LogP contribution in [0, 0.1) is 0 Å². The van der Waals surface area contributed by atoms with Crippen LogP contribution < -0.4 is 16.2 Å². The van der Waals surface area contributed by atoms with Gasteiger partial charge in [0, 0.05) is 11.3 Å². The van der Waals surface area contributed by atoms with Crippen LogP contribution in [0.3, 0.4) is 0 Å². The van der Waals surface area contributed by atoms with Crippen molar-refractivity contribution in [1.29, 1.82) is 0 Å². The van der Waals surface area contributed by atoms with Crippen LogP contribution >= 0.6 is 11.8 Å². The molecule has 166 valence electrons. The van der Waals surface area contributed by atoms with Crippen LogP contribution in [0.15, 0.2) is 53.4 Å². The molecular weight excluding hydrogens is 447 g/mol. The summed E-state index contributed by atoms with van der Waals surface area (Å²) in [4.78, 5) is 41.0. The number of carbonyl (C=O) groups is 3. The van der Waals surface area contributed by atoms with Gasteiger partial charge in [-0.2, -0.15) is 13.2 Å². The monoisotopic (exact) mass is 463 g/mol. The molecular formula is C20H16F3N5O3S. The van der Waals surface area contributed by atoms with Crippen LogP contribution in [0.1, 0.15) is 12.2 Å². The lowest BCUT2D eigenvalue weighted by atomic mass is 10.2. The number of nitrogens with zero attached hydrogens (tertiary/aromatic N) is 2. The molecule has 2 heterocycles. The second kappa shape index (κ2) is 8.54. The number of nitrogens with one attached hydrogen (secondary N) is 3. The van der Waals surface area contributed by atoms with E-state index in [0.717, 1.165) is 9.46 Å². The quantitative estimate of drug-likeness (QED) is 0.516. The fourth-order valence-corrected chi connectivity index (χ4v) is 4.33. The summed E-state index contributed by atoms with van der Waals surface area (Å²) < 4.78 is 40.7. The van der Waals surface area contributed by atoms with E-state index in [4.69, 9.17) is 0 Å². The number of thioether (sulfide) groups is 1. The third kappa shape index (κ3) is 4.54. The van der Waals surface area contributed by atoms with E-state index in [-0.39, 0.29) is 23.4 Å². The molecule has 8 nitrogen and oxygen atoms in total. The standard InChI is InChI=1S/C20H16F3N5O3S/c21-20(22,23)19-25-11-5-1-3-7-13(11)28(19)10-17(30)27-26-16(29)9-15-18(31)24-12-6-2-4-8-14(12)32-15/h1-8,15H,9-10H2,(H,24,31)(H,26,29)(H,27,30). The molecule has 0 spiro atoms. The summed E-state index contributed by atoms with van der Waals surface area (Å²) in [6.07, 6.45) is -4.99. The van der Waals surface area contributed by atoms with E-state index in [1.54, 1.807) is 24.3 Å². The molecule has 0 bridgehead atoms. The van der Waals surface area contributed by atoms with Crippen molar-refractivity contribution >= 4 is 46.2 Å². The van der Waals surface area contributed by atoms with Crippen molar-refractivity contribution in [1.82, 2.24) is 20.4 Å². The van der Waals surface area contributed by atoms with Crippen molar-refractivity contribution in [2.24, 2.45) is 0 Å². The molecule has 1 aliphatic heterocycles. The Morgan fingerprint density at radius 1 is 1.06 bits per heavy atom. The van der Waals surface area contributed by atoms with Gasteiger partial charge in [0.2, 0.25) is 17.6 Å². The molecule has 1 atom stereocenters.